The first-order valence-electron chi connectivity index (χ1n) is 9.45. The Balaban J connectivity index is 0.00000676. The number of amides is 1. The number of halogens is 1. The lowest BCUT2D eigenvalue weighted by molar-refractivity contribution is -0.119. The summed E-state index contributed by atoms with van der Waals surface area (Å²) < 4.78 is 4.92. The number of nitrogens with one attached hydrogen (secondary N) is 3. The van der Waals surface area contributed by atoms with Crippen molar-refractivity contribution in [3.8, 4) is 0 Å². The predicted octanol–water partition coefficient (Wildman–Crippen LogP) is 2.68. The summed E-state index contributed by atoms with van der Waals surface area (Å²) in [6, 6.07) is 10.6. The molecular formula is C20H35IN4O2. The van der Waals surface area contributed by atoms with Gasteiger partial charge < -0.3 is 20.7 Å². The minimum Gasteiger partial charge on any atom is -0.383 e. The van der Waals surface area contributed by atoms with Crippen LogP contribution in [0.1, 0.15) is 39.2 Å². The van der Waals surface area contributed by atoms with Crippen molar-refractivity contribution >= 4 is 35.8 Å². The van der Waals surface area contributed by atoms with Gasteiger partial charge in [-0.15, -0.1) is 24.0 Å². The highest BCUT2D eigenvalue weighted by molar-refractivity contribution is 14.0. The molecule has 27 heavy (non-hydrogen) atoms. The van der Waals surface area contributed by atoms with E-state index in [9.17, 15) is 4.79 Å². The molecule has 1 aromatic rings. The van der Waals surface area contributed by atoms with Gasteiger partial charge in [0, 0.05) is 32.2 Å². The van der Waals surface area contributed by atoms with Crippen LogP contribution in [0.2, 0.25) is 0 Å². The zero-order valence-corrected chi connectivity index (χ0v) is 19.3. The molecule has 0 atom stereocenters. The summed E-state index contributed by atoms with van der Waals surface area (Å²) in [6.45, 7) is 9.04. The van der Waals surface area contributed by atoms with Crippen molar-refractivity contribution in [1.29, 1.82) is 0 Å². The third kappa shape index (κ3) is 8.92. The van der Waals surface area contributed by atoms with Crippen LogP contribution >= 0.6 is 24.0 Å². The average molecular weight is 490 g/mol. The van der Waals surface area contributed by atoms with E-state index in [0.717, 1.165) is 25.9 Å². The first-order valence-corrected chi connectivity index (χ1v) is 9.45. The van der Waals surface area contributed by atoms with Gasteiger partial charge >= 0.3 is 0 Å². The summed E-state index contributed by atoms with van der Waals surface area (Å²) in [5, 5.41) is 9.41. The molecule has 0 saturated heterocycles. The highest BCUT2D eigenvalue weighted by Crippen LogP contribution is 2.30. The molecular weight excluding hydrogens is 455 g/mol. The summed E-state index contributed by atoms with van der Waals surface area (Å²) in [6.07, 6.45) is 2.05. The second-order valence-corrected chi connectivity index (χ2v) is 6.24. The number of nitrogens with zero attached hydrogens (tertiary/aromatic N) is 1. The molecule has 0 radical (unpaired) electrons. The number of carbonyl (C=O) groups excluding carboxylic acids is 1. The lowest BCUT2D eigenvalue weighted by Gasteiger charge is -2.33. The molecule has 0 aromatic heterocycles. The molecule has 0 aliphatic carbocycles. The molecule has 0 heterocycles. The van der Waals surface area contributed by atoms with Gasteiger partial charge in [-0.05, 0) is 25.3 Å². The summed E-state index contributed by atoms with van der Waals surface area (Å²) >= 11 is 0. The van der Waals surface area contributed by atoms with Crippen molar-refractivity contribution in [3.05, 3.63) is 35.9 Å². The minimum atomic E-state index is -0.112. The fourth-order valence-electron chi connectivity index (χ4n) is 2.90. The molecule has 0 fully saturated rings. The Labute approximate surface area is 181 Å². The van der Waals surface area contributed by atoms with Crippen LogP contribution in [-0.4, -0.2) is 51.8 Å². The van der Waals surface area contributed by atoms with Crippen LogP contribution in [0.3, 0.4) is 0 Å². The summed E-state index contributed by atoms with van der Waals surface area (Å²) in [5.41, 5.74) is 1.36. The Hall–Kier alpha value is -1.35. The summed E-state index contributed by atoms with van der Waals surface area (Å²) in [7, 11) is 1.61. The van der Waals surface area contributed by atoms with E-state index in [-0.39, 0.29) is 41.8 Å². The third-order valence-corrected chi connectivity index (χ3v) is 4.69. The molecule has 0 aliphatic rings. The number of hydrogen-bond donors (Lipinski definition) is 3. The van der Waals surface area contributed by atoms with Gasteiger partial charge in [0.25, 0.3) is 0 Å². The van der Waals surface area contributed by atoms with E-state index in [1.54, 1.807) is 7.11 Å². The fourth-order valence-corrected chi connectivity index (χ4v) is 2.90. The maximum Gasteiger partial charge on any atom is 0.241 e. The average Bonchev–Trinajstić information content (AvgIpc) is 2.68. The Morgan fingerprint density at radius 3 is 2.30 bits per heavy atom. The van der Waals surface area contributed by atoms with Crippen LogP contribution in [0.5, 0.6) is 0 Å². The first-order chi connectivity index (χ1) is 12.6. The molecule has 7 heteroatoms. The molecule has 0 saturated carbocycles. The van der Waals surface area contributed by atoms with Gasteiger partial charge in [0.15, 0.2) is 5.96 Å². The summed E-state index contributed by atoms with van der Waals surface area (Å²) in [5.74, 6) is 0.552. The van der Waals surface area contributed by atoms with Gasteiger partial charge in [0.05, 0.1) is 6.61 Å². The van der Waals surface area contributed by atoms with Crippen LogP contribution in [0, 0.1) is 0 Å². The van der Waals surface area contributed by atoms with Gasteiger partial charge in [-0.2, -0.15) is 0 Å². The van der Waals surface area contributed by atoms with Gasteiger partial charge in [-0.1, -0.05) is 44.2 Å². The van der Waals surface area contributed by atoms with Crippen molar-refractivity contribution < 1.29 is 9.53 Å². The first kappa shape index (κ1) is 25.6. The van der Waals surface area contributed by atoms with Crippen LogP contribution in [0.4, 0.5) is 0 Å². The standard InChI is InChI=1S/C20H34N4O2.HI/c1-5-20(6-2,17-11-9-8-10-12-17)16-24-19(21-7-3)23-15-18(25)22-13-14-26-4;/h8-12H,5-7,13-16H2,1-4H3,(H,22,25)(H2,21,23,24);1H. The normalized spacial score (nSPS) is 11.5. The van der Waals surface area contributed by atoms with E-state index >= 15 is 0 Å². The number of aliphatic imine (C=N–C) groups is 1. The van der Waals surface area contributed by atoms with E-state index in [2.05, 4.69) is 59.1 Å². The summed E-state index contributed by atoms with van der Waals surface area (Å²) in [4.78, 5) is 16.2. The zero-order valence-electron chi connectivity index (χ0n) is 17.0. The molecule has 0 spiro atoms. The van der Waals surface area contributed by atoms with Crippen LogP contribution < -0.4 is 16.0 Å². The third-order valence-electron chi connectivity index (χ3n) is 4.69. The molecule has 3 N–H and O–H groups in total. The molecule has 1 amide bonds. The zero-order chi connectivity index (χ0) is 19.3. The molecule has 0 bridgehead atoms. The maximum absolute atomic E-state index is 11.8. The van der Waals surface area contributed by atoms with E-state index in [4.69, 9.17) is 4.74 Å². The number of rotatable bonds is 11. The number of methoxy groups -OCH3 is 1. The van der Waals surface area contributed by atoms with Crippen LogP contribution in [0.15, 0.2) is 35.3 Å². The largest absolute Gasteiger partial charge is 0.383 e. The number of hydrogen-bond acceptors (Lipinski definition) is 3. The SMILES string of the molecule is CCNC(=NCC(=O)NCCOC)NCC(CC)(CC)c1ccccc1.I. The topological polar surface area (TPSA) is 74.8 Å². The van der Waals surface area contributed by atoms with Crippen molar-refractivity contribution in [2.24, 2.45) is 4.99 Å². The molecule has 154 valence electrons. The van der Waals surface area contributed by atoms with E-state index < -0.39 is 0 Å². The Morgan fingerprint density at radius 2 is 1.74 bits per heavy atom. The number of ether oxygens (including phenoxy) is 1. The lowest BCUT2D eigenvalue weighted by atomic mass is 9.76. The van der Waals surface area contributed by atoms with Crippen LogP contribution in [0.25, 0.3) is 0 Å². The van der Waals surface area contributed by atoms with Gasteiger partial charge in [-0.25, -0.2) is 4.99 Å². The van der Waals surface area contributed by atoms with Crippen molar-refractivity contribution in [2.45, 2.75) is 39.0 Å². The molecule has 1 aromatic carbocycles. The van der Waals surface area contributed by atoms with Gasteiger partial charge in [0.1, 0.15) is 6.54 Å². The maximum atomic E-state index is 11.8. The van der Waals surface area contributed by atoms with Gasteiger partial charge in [-0.3, -0.25) is 4.79 Å². The lowest BCUT2D eigenvalue weighted by Crippen LogP contribution is -2.45. The van der Waals surface area contributed by atoms with Crippen molar-refractivity contribution in [2.75, 3.05) is 39.9 Å². The molecule has 0 unspecified atom stereocenters. The Morgan fingerprint density at radius 1 is 1.07 bits per heavy atom. The Kier molecular flexibility index (Phi) is 13.9. The highest BCUT2D eigenvalue weighted by atomic mass is 127. The smallest absolute Gasteiger partial charge is 0.241 e. The quantitative estimate of drug-likeness (QED) is 0.193. The second kappa shape index (κ2) is 14.7. The van der Waals surface area contributed by atoms with E-state index in [1.807, 2.05) is 13.0 Å². The Bertz CT molecular complexity index is 548. The molecule has 6 nitrogen and oxygen atoms in total. The van der Waals surface area contributed by atoms with E-state index in [1.165, 1.54) is 5.56 Å². The fraction of sp³-hybridized carbons (Fsp3) is 0.600. The second-order valence-electron chi connectivity index (χ2n) is 6.24. The number of guanidine groups is 1. The molecule has 1 rings (SSSR count). The minimum absolute atomic E-state index is 0. The highest BCUT2D eigenvalue weighted by Gasteiger charge is 2.28. The molecule has 0 aliphatic heterocycles. The van der Waals surface area contributed by atoms with Crippen molar-refractivity contribution in [3.63, 3.8) is 0 Å². The number of benzene rings is 1. The van der Waals surface area contributed by atoms with Crippen LogP contribution in [-0.2, 0) is 14.9 Å². The number of carbonyl (C=O) groups is 1. The van der Waals surface area contributed by atoms with E-state index in [0.29, 0.717) is 19.1 Å². The monoisotopic (exact) mass is 490 g/mol. The predicted molar refractivity (Wildman–Crippen MR) is 123 cm³/mol. The van der Waals surface area contributed by atoms with Crippen molar-refractivity contribution in [1.82, 2.24) is 16.0 Å². The van der Waals surface area contributed by atoms with Gasteiger partial charge in [0.2, 0.25) is 5.91 Å².